The zero-order valence-corrected chi connectivity index (χ0v) is 15.6. The Morgan fingerprint density at radius 3 is 2.46 bits per heavy atom. The first-order chi connectivity index (χ1) is 12.8. The molecular formula is C18H22N6OS. The van der Waals surface area contributed by atoms with Gasteiger partial charge >= 0.3 is 0 Å². The van der Waals surface area contributed by atoms with Crippen LogP contribution in [0.25, 0.3) is 10.6 Å². The Morgan fingerprint density at radius 1 is 1.08 bits per heavy atom. The molecule has 1 fully saturated rings. The number of methoxy groups -OCH3 is 1. The summed E-state index contributed by atoms with van der Waals surface area (Å²) in [6.07, 6.45) is 1.56. The summed E-state index contributed by atoms with van der Waals surface area (Å²) in [5.74, 6) is 1.80. The molecule has 26 heavy (non-hydrogen) atoms. The zero-order chi connectivity index (χ0) is 17.8. The fourth-order valence-electron chi connectivity index (χ4n) is 3.10. The minimum Gasteiger partial charge on any atom is -0.497 e. The van der Waals surface area contributed by atoms with E-state index >= 15 is 0 Å². The highest BCUT2D eigenvalue weighted by Crippen LogP contribution is 2.26. The molecule has 0 atom stereocenters. The van der Waals surface area contributed by atoms with Gasteiger partial charge in [0.15, 0.2) is 0 Å². The van der Waals surface area contributed by atoms with Gasteiger partial charge in [0.1, 0.15) is 22.9 Å². The van der Waals surface area contributed by atoms with Crippen molar-refractivity contribution in [1.82, 2.24) is 30.0 Å². The van der Waals surface area contributed by atoms with E-state index in [9.17, 15) is 0 Å². The quantitative estimate of drug-likeness (QED) is 0.718. The molecule has 7 nitrogen and oxygen atoms in total. The average molecular weight is 370 g/mol. The van der Waals surface area contributed by atoms with E-state index in [1.54, 1.807) is 24.8 Å². The van der Waals surface area contributed by atoms with Crippen LogP contribution in [0, 0.1) is 0 Å². The lowest BCUT2D eigenvalue weighted by Crippen LogP contribution is -2.45. The monoisotopic (exact) mass is 370 g/mol. The second kappa shape index (κ2) is 7.94. The number of benzene rings is 1. The van der Waals surface area contributed by atoms with Crippen LogP contribution in [-0.4, -0.2) is 63.3 Å². The molecule has 0 aliphatic carbocycles. The van der Waals surface area contributed by atoms with Crippen LogP contribution in [0.15, 0.2) is 36.0 Å². The number of aromatic nitrogens is 4. The summed E-state index contributed by atoms with van der Waals surface area (Å²) >= 11 is 1.70. The number of hydrogen-bond acceptors (Lipinski definition) is 7. The molecule has 136 valence electrons. The van der Waals surface area contributed by atoms with Crippen LogP contribution in [0.5, 0.6) is 5.75 Å². The van der Waals surface area contributed by atoms with E-state index < -0.39 is 0 Å². The van der Waals surface area contributed by atoms with Gasteiger partial charge in [0.2, 0.25) is 0 Å². The number of rotatable bonds is 6. The van der Waals surface area contributed by atoms with Gasteiger partial charge in [-0.3, -0.25) is 14.9 Å². The maximum atomic E-state index is 5.22. The van der Waals surface area contributed by atoms with Crippen LogP contribution in [0.4, 0.5) is 0 Å². The van der Waals surface area contributed by atoms with E-state index in [1.807, 2.05) is 12.1 Å². The Balaban J connectivity index is 1.30. The molecule has 0 radical (unpaired) electrons. The Bertz CT molecular complexity index is 809. The van der Waals surface area contributed by atoms with E-state index in [0.717, 1.165) is 67.1 Å². The molecule has 0 spiro atoms. The Labute approximate surface area is 156 Å². The van der Waals surface area contributed by atoms with Crippen LogP contribution in [0.1, 0.15) is 11.5 Å². The fraction of sp³-hybridized carbons (Fsp3) is 0.389. The minimum absolute atomic E-state index is 0.839. The van der Waals surface area contributed by atoms with Crippen LogP contribution in [-0.2, 0) is 13.1 Å². The zero-order valence-electron chi connectivity index (χ0n) is 14.8. The molecule has 8 heteroatoms. The molecule has 0 unspecified atom stereocenters. The van der Waals surface area contributed by atoms with Crippen LogP contribution in [0.3, 0.4) is 0 Å². The smallest absolute Gasteiger partial charge is 0.138 e. The summed E-state index contributed by atoms with van der Waals surface area (Å²) in [7, 11) is 1.68. The summed E-state index contributed by atoms with van der Waals surface area (Å²) in [6, 6.07) is 8.07. The van der Waals surface area contributed by atoms with E-state index in [1.165, 1.54) is 0 Å². The molecule has 0 bridgehead atoms. The topological polar surface area (TPSA) is 70.2 Å². The second-order valence-corrected chi connectivity index (χ2v) is 7.22. The number of aromatic amines is 1. The lowest BCUT2D eigenvalue weighted by atomic mass is 10.2. The van der Waals surface area contributed by atoms with Crippen molar-refractivity contribution in [2.75, 3.05) is 33.3 Å². The third kappa shape index (κ3) is 4.09. The highest BCUT2D eigenvalue weighted by Gasteiger charge is 2.18. The van der Waals surface area contributed by atoms with E-state index in [4.69, 9.17) is 9.72 Å². The largest absolute Gasteiger partial charge is 0.497 e. The Morgan fingerprint density at radius 2 is 1.81 bits per heavy atom. The first-order valence-corrected chi connectivity index (χ1v) is 9.56. The fourth-order valence-corrected chi connectivity index (χ4v) is 3.92. The lowest BCUT2D eigenvalue weighted by Gasteiger charge is -2.33. The number of thiazole rings is 1. The van der Waals surface area contributed by atoms with Crippen molar-refractivity contribution in [3.05, 3.63) is 47.5 Å². The van der Waals surface area contributed by atoms with Gasteiger partial charge in [0, 0.05) is 43.7 Å². The summed E-state index contributed by atoms with van der Waals surface area (Å²) in [5.41, 5.74) is 2.28. The SMILES string of the molecule is COc1ccc(-c2nc(CN3CCN(Cc4ncn[nH]4)CC3)cs2)cc1. The summed E-state index contributed by atoms with van der Waals surface area (Å²) in [6.45, 7) is 5.91. The van der Waals surface area contributed by atoms with Crippen molar-refractivity contribution in [1.29, 1.82) is 0 Å². The maximum Gasteiger partial charge on any atom is 0.138 e. The number of ether oxygens (including phenoxy) is 1. The lowest BCUT2D eigenvalue weighted by molar-refractivity contribution is 0.119. The molecule has 3 heterocycles. The van der Waals surface area contributed by atoms with Gasteiger partial charge in [0.05, 0.1) is 19.3 Å². The maximum absolute atomic E-state index is 5.22. The van der Waals surface area contributed by atoms with E-state index in [-0.39, 0.29) is 0 Å². The molecule has 1 aliphatic heterocycles. The van der Waals surface area contributed by atoms with Gasteiger partial charge < -0.3 is 4.74 Å². The molecule has 2 aromatic heterocycles. The van der Waals surface area contributed by atoms with Crippen molar-refractivity contribution in [3.8, 4) is 16.3 Å². The van der Waals surface area contributed by atoms with Gasteiger partial charge in [-0.2, -0.15) is 5.10 Å². The van der Waals surface area contributed by atoms with Gasteiger partial charge in [-0.25, -0.2) is 9.97 Å². The molecule has 0 saturated carbocycles. The third-order valence-corrected chi connectivity index (χ3v) is 5.52. The molecule has 0 amide bonds. The summed E-state index contributed by atoms with van der Waals surface area (Å²) < 4.78 is 5.22. The third-order valence-electron chi connectivity index (χ3n) is 4.58. The van der Waals surface area contributed by atoms with E-state index in [0.29, 0.717) is 0 Å². The highest BCUT2D eigenvalue weighted by atomic mass is 32.1. The first-order valence-electron chi connectivity index (χ1n) is 8.68. The molecule has 1 saturated heterocycles. The standard InChI is InChI=1S/C18H22N6OS/c1-25-16-4-2-14(3-5-16)18-21-15(12-26-18)10-23-6-8-24(9-7-23)11-17-19-13-20-22-17/h2-5,12-13H,6-11H2,1H3,(H,19,20,22). The van der Waals surface area contributed by atoms with Gasteiger partial charge in [-0.1, -0.05) is 0 Å². The van der Waals surface area contributed by atoms with Crippen molar-refractivity contribution in [2.24, 2.45) is 0 Å². The highest BCUT2D eigenvalue weighted by molar-refractivity contribution is 7.13. The molecular weight excluding hydrogens is 348 g/mol. The average Bonchev–Trinajstić information content (AvgIpc) is 3.36. The van der Waals surface area contributed by atoms with Gasteiger partial charge in [0.25, 0.3) is 0 Å². The van der Waals surface area contributed by atoms with E-state index in [2.05, 4.69) is 42.5 Å². The number of H-pyrrole nitrogens is 1. The molecule has 1 N–H and O–H groups in total. The van der Waals surface area contributed by atoms with Crippen LogP contribution < -0.4 is 4.74 Å². The van der Waals surface area contributed by atoms with Crippen molar-refractivity contribution >= 4 is 11.3 Å². The number of hydrogen-bond donors (Lipinski definition) is 1. The van der Waals surface area contributed by atoms with Gasteiger partial charge in [-0.05, 0) is 24.3 Å². The Kier molecular flexibility index (Phi) is 5.24. The number of piperazine rings is 1. The predicted molar refractivity (Wildman–Crippen MR) is 101 cm³/mol. The van der Waals surface area contributed by atoms with Gasteiger partial charge in [-0.15, -0.1) is 11.3 Å². The summed E-state index contributed by atoms with van der Waals surface area (Å²) in [4.78, 5) is 13.9. The van der Waals surface area contributed by atoms with Crippen molar-refractivity contribution in [2.45, 2.75) is 13.1 Å². The Hall–Kier alpha value is -2.29. The molecule has 1 aliphatic rings. The second-order valence-electron chi connectivity index (χ2n) is 6.36. The predicted octanol–water partition coefficient (Wildman–Crippen LogP) is 2.25. The van der Waals surface area contributed by atoms with Crippen molar-refractivity contribution < 1.29 is 4.74 Å². The summed E-state index contributed by atoms with van der Waals surface area (Å²) in [5, 5.41) is 10.1. The molecule has 4 rings (SSSR count). The van der Waals surface area contributed by atoms with Crippen LogP contribution >= 0.6 is 11.3 Å². The van der Waals surface area contributed by atoms with Crippen molar-refractivity contribution in [3.63, 3.8) is 0 Å². The normalized spacial score (nSPS) is 16.0. The number of nitrogens with zero attached hydrogens (tertiary/aromatic N) is 5. The number of nitrogens with one attached hydrogen (secondary N) is 1. The van der Waals surface area contributed by atoms with Crippen LogP contribution in [0.2, 0.25) is 0 Å². The molecule has 1 aromatic carbocycles. The minimum atomic E-state index is 0.839. The first kappa shape index (κ1) is 17.1. The molecule has 3 aromatic rings.